The van der Waals surface area contributed by atoms with E-state index < -0.39 is 6.09 Å². The van der Waals surface area contributed by atoms with E-state index in [4.69, 9.17) is 10.5 Å². The van der Waals surface area contributed by atoms with Crippen LogP contribution in [0.5, 0.6) is 5.75 Å². The van der Waals surface area contributed by atoms with Gasteiger partial charge in [-0.05, 0) is 36.4 Å². The molecule has 0 spiro atoms. The van der Waals surface area contributed by atoms with E-state index in [2.05, 4.69) is 5.32 Å². The second kappa shape index (κ2) is 6.41. The van der Waals surface area contributed by atoms with Gasteiger partial charge in [0.2, 0.25) is 5.91 Å². The van der Waals surface area contributed by atoms with Gasteiger partial charge in [0.15, 0.2) is 0 Å². The van der Waals surface area contributed by atoms with Crippen LogP contribution >= 0.6 is 0 Å². The first kappa shape index (κ1) is 15.5. The molecule has 0 saturated carbocycles. The highest BCUT2D eigenvalue weighted by Gasteiger charge is 2.24. The maximum Gasteiger partial charge on any atom is 0.409 e. The third kappa shape index (κ3) is 3.19. The molecule has 3 rings (SSSR count). The summed E-state index contributed by atoms with van der Waals surface area (Å²) in [5.74, 6) is -0.125. The van der Waals surface area contributed by atoms with Crippen LogP contribution in [0.15, 0.2) is 48.5 Å². The summed E-state index contributed by atoms with van der Waals surface area (Å²) in [4.78, 5) is 36.9. The Labute approximate surface area is 138 Å². The molecule has 2 aromatic rings. The number of amides is 3. The van der Waals surface area contributed by atoms with Crippen molar-refractivity contribution in [2.24, 2.45) is 5.73 Å². The van der Waals surface area contributed by atoms with Gasteiger partial charge >= 0.3 is 6.09 Å². The zero-order valence-electron chi connectivity index (χ0n) is 12.7. The Morgan fingerprint density at radius 3 is 2.50 bits per heavy atom. The molecule has 0 aliphatic carbocycles. The number of nitrogens with one attached hydrogen (secondary N) is 1. The van der Waals surface area contributed by atoms with Crippen molar-refractivity contribution < 1.29 is 19.1 Å². The normalized spacial score (nSPS) is 13.5. The van der Waals surface area contributed by atoms with Gasteiger partial charge in [-0.15, -0.1) is 0 Å². The van der Waals surface area contributed by atoms with E-state index in [1.807, 2.05) is 0 Å². The predicted molar refractivity (Wildman–Crippen MR) is 88.0 cm³/mol. The molecule has 0 saturated heterocycles. The number of rotatable bonds is 2. The Kier molecular flexibility index (Phi) is 4.15. The average molecular weight is 325 g/mol. The van der Waals surface area contributed by atoms with E-state index in [1.54, 1.807) is 41.3 Å². The monoisotopic (exact) mass is 325 g/mol. The molecular formula is C17H15N3O4. The van der Waals surface area contributed by atoms with Gasteiger partial charge in [0.05, 0.1) is 11.4 Å². The number of nitrogens with two attached hydrogens (primary N) is 1. The van der Waals surface area contributed by atoms with Crippen LogP contribution in [0, 0.1) is 0 Å². The minimum atomic E-state index is -0.917. The van der Waals surface area contributed by atoms with Gasteiger partial charge < -0.3 is 20.7 Å². The van der Waals surface area contributed by atoms with Crippen molar-refractivity contribution in [2.75, 3.05) is 16.8 Å². The topological polar surface area (TPSA) is 102 Å². The number of carbonyl (C=O) groups is 3. The van der Waals surface area contributed by atoms with E-state index in [-0.39, 0.29) is 30.5 Å². The van der Waals surface area contributed by atoms with E-state index in [1.165, 1.54) is 12.1 Å². The molecule has 0 bridgehead atoms. The summed E-state index contributed by atoms with van der Waals surface area (Å²) in [5, 5.41) is 2.79. The molecular weight excluding hydrogens is 310 g/mol. The Morgan fingerprint density at radius 1 is 1.08 bits per heavy atom. The number of ether oxygens (including phenoxy) is 1. The molecule has 1 heterocycles. The maximum absolute atomic E-state index is 12.8. The highest BCUT2D eigenvalue weighted by molar-refractivity contribution is 6.10. The third-order valence-electron chi connectivity index (χ3n) is 3.60. The van der Waals surface area contributed by atoms with Gasteiger partial charge in [0, 0.05) is 18.5 Å². The molecule has 1 aliphatic rings. The maximum atomic E-state index is 12.8. The van der Waals surface area contributed by atoms with Crippen molar-refractivity contribution >= 4 is 29.3 Å². The van der Waals surface area contributed by atoms with Gasteiger partial charge in [-0.2, -0.15) is 0 Å². The molecule has 0 fully saturated rings. The summed E-state index contributed by atoms with van der Waals surface area (Å²) in [5.41, 5.74) is 6.60. The molecule has 24 heavy (non-hydrogen) atoms. The van der Waals surface area contributed by atoms with Crippen molar-refractivity contribution in [3.8, 4) is 5.75 Å². The lowest BCUT2D eigenvalue weighted by atomic mass is 10.1. The van der Waals surface area contributed by atoms with Gasteiger partial charge in [0.1, 0.15) is 5.75 Å². The van der Waals surface area contributed by atoms with Crippen molar-refractivity contribution in [3.63, 3.8) is 0 Å². The summed E-state index contributed by atoms with van der Waals surface area (Å²) in [6, 6.07) is 13.2. The summed E-state index contributed by atoms with van der Waals surface area (Å²) in [7, 11) is 0. The fourth-order valence-electron chi connectivity index (χ4n) is 2.51. The van der Waals surface area contributed by atoms with Crippen LogP contribution in [0.2, 0.25) is 0 Å². The molecule has 7 heteroatoms. The minimum absolute atomic E-state index is 0.136. The van der Waals surface area contributed by atoms with Gasteiger partial charge in [-0.1, -0.05) is 12.1 Å². The number of anilines is 2. The molecule has 0 aromatic heterocycles. The van der Waals surface area contributed by atoms with E-state index in [9.17, 15) is 14.4 Å². The quantitative estimate of drug-likeness (QED) is 0.883. The van der Waals surface area contributed by atoms with E-state index in [0.717, 1.165) is 0 Å². The Morgan fingerprint density at radius 2 is 1.79 bits per heavy atom. The molecule has 0 unspecified atom stereocenters. The first-order chi connectivity index (χ1) is 11.5. The van der Waals surface area contributed by atoms with Crippen LogP contribution in [0.1, 0.15) is 16.8 Å². The minimum Gasteiger partial charge on any atom is -0.411 e. The van der Waals surface area contributed by atoms with Crippen molar-refractivity contribution in [2.45, 2.75) is 6.42 Å². The fourth-order valence-corrected chi connectivity index (χ4v) is 2.51. The lowest BCUT2D eigenvalue weighted by molar-refractivity contribution is -0.115. The number of benzene rings is 2. The molecule has 0 atom stereocenters. The first-order valence-electron chi connectivity index (χ1n) is 7.33. The van der Waals surface area contributed by atoms with Crippen LogP contribution < -0.4 is 20.7 Å². The van der Waals surface area contributed by atoms with Gasteiger partial charge in [-0.25, -0.2) is 4.79 Å². The van der Waals surface area contributed by atoms with Crippen molar-refractivity contribution in [1.29, 1.82) is 0 Å². The molecule has 3 amide bonds. The zero-order chi connectivity index (χ0) is 17.1. The number of nitrogens with zero attached hydrogens (tertiary/aromatic N) is 1. The fraction of sp³-hybridized carbons (Fsp3) is 0.118. The summed E-state index contributed by atoms with van der Waals surface area (Å²) >= 11 is 0. The summed E-state index contributed by atoms with van der Waals surface area (Å²) < 4.78 is 4.74. The van der Waals surface area contributed by atoms with Crippen LogP contribution in [0.4, 0.5) is 16.2 Å². The number of hydrogen-bond acceptors (Lipinski definition) is 4. The third-order valence-corrected chi connectivity index (χ3v) is 3.60. The van der Waals surface area contributed by atoms with Crippen molar-refractivity contribution in [3.05, 3.63) is 54.1 Å². The molecule has 7 nitrogen and oxygen atoms in total. The standard InChI is InChI=1S/C17H15N3O4/c18-17(23)24-12-7-5-11(6-8-12)16(22)20-10-9-15(21)19-13-3-1-2-4-14(13)20/h1-8H,9-10H2,(H2,18,23)(H,19,21). The van der Waals surface area contributed by atoms with Crippen LogP contribution in [0.3, 0.4) is 0 Å². The number of primary amides is 1. The first-order valence-corrected chi connectivity index (χ1v) is 7.33. The van der Waals surface area contributed by atoms with E-state index >= 15 is 0 Å². The number of carbonyl (C=O) groups excluding carboxylic acids is 3. The largest absolute Gasteiger partial charge is 0.411 e. The van der Waals surface area contributed by atoms with Crippen molar-refractivity contribution in [1.82, 2.24) is 0 Å². The van der Waals surface area contributed by atoms with Gasteiger partial charge in [0.25, 0.3) is 5.91 Å². The number of para-hydroxylation sites is 2. The second-order valence-electron chi connectivity index (χ2n) is 5.22. The lowest BCUT2D eigenvalue weighted by Crippen LogP contribution is -2.31. The Hall–Kier alpha value is -3.35. The predicted octanol–water partition coefficient (Wildman–Crippen LogP) is 2.13. The second-order valence-corrected chi connectivity index (χ2v) is 5.22. The number of hydrogen-bond donors (Lipinski definition) is 2. The molecule has 0 radical (unpaired) electrons. The zero-order valence-corrected chi connectivity index (χ0v) is 12.7. The molecule has 2 aromatic carbocycles. The van der Waals surface area contributed by atoms with Crippen LogP contribution in [0.25, 0.3) is 0 Å². The number of fused-ring (bicyclic) bond motifs is 1. The van der Waals surface area contributed by atoms with E-state index in [0.29, 0.717) is 16.9 Å². The SMILES string of the molecule is NC(=O)Oc1ccc(C(=O)N2CCC(=O)Nc3ccccc32)cc1. The highest BCUT2D eigenvalue weighted by atomic mass is 16.5. The summed E-state index contributed by atoms with van der Waals surface area (Å²) in [6.45, 7) is 0.279. The Balaban J connectivity index is 1.89. The smallest absolute Gasteiger partial charge is 0.409 e. The summed E-state index contributed by atoms with van der Waals surface area (Å²) in [6.07, 6.45) is -0.705. The Bertz CT molecular complexity index is 802. The highest BCUT2D eigenvalue weighted by Crippen LogP contribution is 2.29. The van der Waals surface area contributed by atoms with Crippen LogP contribution in [-0.2, 0) is 4.79 Å². The molecule has 122 valence electrons. The lowest BCUT2D eigenvalue weighted by Gasteiger charge is -2.22. The van der Waals surface area contributed by atoms with Gasteiger partial charge in [-0.3, -0.25) is 9.59 Å². The molecule has 1 aliphatic heterocycles. The van der Waals surface area contributed by atoms with Crippen LogP contribution in [-0.4, -0.2) is 24.5 Å². The average Bonchev–Trinajstić information content (AvgIpc) is 2.72. The molecule has 3 N–H and O–H groups in total.